The summed E-state index contributed by atoms with van der Waals surface area (Å²) in [6, 6.07) is 6.79. The van der Waals surface area contributed by atoms with Gasteiger partial charge >= 0.3 is 0 Å². The molecule has 0 aliphatic carbocycles. The molecule has 0 saturated carbocycles. The molecule has 0 heterocycles. The third-order valence-electron chi connectivity index (χ3n) is 3.72. The summed E-state index contributed by atoms with van der Waals surface area (Å²) >= 11 is 0. The first kappa shape index (κ1) is 16.0. The molecule has 0 saturated heterocycles. The molecule has 1 aromatic rings. The zero-order chi connectivity index (χ0) is 14.5. The summed E-state index contributed by atoms with van der Waals surface area (Å²) in [5.41, 5.74) is 4.34. The third kappa shape index (κ3) is 4.87. The fourth-order valence-corrected chi connectivity index (χ4v) is 3.09. The summed E-state index contributed by atoms with van der Waals surface area (Å²) in [6.07, 6.45) is 2.49. The van der Waals surface area contributed by atoms with Gasteiger partial charge in [0.05, 0.1) is 0 Å². The highest BCUT2D eigenvalue weighted by molar-refractivity contribution is 5.50. The van der Waals surface area contributed by atoms with Crippen LogP contribution in [0.5, 0.6) is 0 Å². The molecule has 0 fully saturated rings. The molecule has 0 aliphatic rings. The van der Waals surface area contributed by atoms with Gasteiger partial charge in [0.15, 0.2) is 0 Å². The zero-order valence-electron chi connectivity index (χ0n) is 13.5. The van der Waals surface area contributed by atoms with E-state index in [1.807, 2.05) is 7.05 Å². The molecule has 0 amide bonds. The fraction of sp³-hybridized carbons (Fsp3) is 0.647. The standard InChI is InChI=1S/C17H30N2/c1-7-8-17(4,12-18-5)13-19(6)16-10-14(2)9-15(3)11-16/h9-11,18H,7-8,12-13H2,1-6H3. The SMILES string of the molecule is CCCC(C)(CNC)CN(C)c1cc(C)cc(C)c1. The van der Waals surface area contributed by atoms with Gasteiger partial charge in [-0.1, -0.05) is 26.3 Å². The predicted molar refractivity (Wildman–Crippen MR) is 86.1 cm³/mol. The normalized spacial score (nSPS) is 14.2. The number of rotatable bonds is 7. The quantitative estimate of drug-likeness (QED) is 0.805. The van der Waals surface area contributed by atoms with E-state index in [2.05, 4.69) is 63.2 Å². The number of aryl methyl sites for hydroxylation is 2. The highest BCUT2D eigenvalue weighted by atomic mass is 15.1. The highest BCUT2D eigenvalue weighted by Crippen LogP contribution is 2.27. The summed E-state index contributed by atoms with van der Waals surface area (Å²) in [5, 5.41) is 3.35. The Bertz CT molecular complexity index is 372. The van der Waals surface area contributed by atoms with Gasteiger partial charge in [0.25, 0.3) is 0 Å². The van der Waals surface area contributed by atoms with E-state index in [4.69, 9.17) is 0 Å². The summed E-state index contributed by atoms with van der Waals surface area (Å²) < 4.78 is 0. The van der Waals surface area contributed by atoms with Gasteiger partial charge < -0.3 is 10.2 Å². The first-order valence-corrected chi connectivity index (χ1v) is 7.34. The minimum Gasteiger partial charge on any atom is -0.374 e. The van der Waals surface area contributed by atoms with Crippen LogP contribution in [-0.2, 0) is 0 Å². The Labute approximate surface area is 119 Å². The summed E-state index contributed by atoms with van der Waals surface area (Å²) in [6.45, 7) is 11.1. The molecular formula is C17H30N2. The number of hydrogen-bond acceptors (Lipinski definition) is 2. The molecule has 1 unspecified atom stereocenters. The molecule has 0 aromatic heterocycles. The molecule has 1 aromatic carbocycles. The van der Waals surface area contributed by atoms with Gasteiger partial charge in [-0.2, -0.15) is 0 Å². The summed E-state index contributed by atoms with van der Waals surface area (Å²) in [4.78, 5) is 2.40. The lowest BCUT2D eigenvalue weighted by molar-refractivity contribution is 0.292. The van der Waals surface area contributed by atoms with Crippen molar-refractivity contribution in [2.24, 2.45) is 5.41 Å². The van der Waals surface area contributed by atoms with Crippen molar-refractivity contribution in [1.29, 1.82) is 0 Å². The Hall–Kier alpha value is -1.02. The largest absolute Gasteiger partial charge is 0.374 e. The lowest BCUT2D eigenvalue weighted by atomic mass is 9.84. The van der Waals surface area contributed by atoms with E-state index in [1.165, 1.54) is 29.7 Å². The van der Waals surface area contributed by atoms with Crippen molar-refractivity contribution < 1.29 is 0 Å². The molecule has 0 spiro atoms. The molecular weight excluding hydrogens is 232 g/mol. The predicted octanol–water partition coefficient (Wildman–Crippen LogP) is 3.77. The van der Waals surface area contributed by atoms with Gasteiger partial charge in [0.2, 0.25) is 0 Å². The van der Waals surface area contributed by atoms with Crippen LogP contribution < -0.4 is 10.2 Å². The van der Waals surface area contributed by atoms with E-state index in [9.17, 15) is 0 Å². The molecule has 0 aliphatic heterocycles. The van der Waals surface area contributed by atoms with E-state index in [1.54, 1.807) is 0 Å². The Morgan fingerprint density at radius 1 is 1.16 bits per heavy atom. The second-order valence-corrected chi connectivity index (χ2v) is 6.29. The van der Waals surface area contributed by atoms with Gasteiger partial charge in [-0.25, -0.2) is 0 Å². The Kier molecular flexibility index (Phi) is 5.86. The Morgan fingerprint density at radius 2 is 1.74 bits per heavy atom. The molecule has 1 rings (SSSR count). The Morgan fingerprint density at radius 3 is 2.21 bits per heavy atom. The molecule has 19 heavy (non-hydrogen) atoms. The molecule has 2 nitrogen and oxygen atoms in total. The van der Waals surface area contributed by atoms with Crippen LogP contribution in [0.25, 0.3) is 0 Å². The highest BCUT2D eigenvalue weighted by Gasteiger charge is 2.24. The van der Waals surface area contributed by atoms with Crippen LogP contribution in [0.4, 0.5) is 5.69 Å². The molecule has 108 valence electrons. The van der Waals surface area contributed by atoms with Gasteiger partial charge in [0, 0.05) is 25.8 Å². The van der Waals surface area contributed by atoms with Crippen LogP contribution in [0.1, 0.15) is 37.8 Å². The van der Waals surface area contributed by atoms with Crippen LogP contribution in [-0.4, -0.2) is 27.2 Å². The number of anilines is 1. The monoisotopic (exact) mass is 262 g/mol. The van der Waals surface area contributed by atoms with Crippen molar-refractivity contribution in [3.8, 4) is 0 Å². The maximum atomic E-state index is 3.35. The maximum absolute atomic E-state index is 3.35. The van der Waals surface area contributed by atoms with Crippen molar-refractivity contribution in [2.75, 3.05) is 32.1 Å². The van der Waals surface area contributed by atoms with Crippen LogP contribution in [0.3, 0.4) is 0 Å². The van der Waals surface area contributed by atoms with Crippen LogP contribution in [0.15, 0.2) is 18.2 Å². The minimum atomic E-state index is 0.329. The van der Waals surface area contributed by atoms with Gasteiger partial charge in [-0.3, -0.25) is 0 Å². The zero-order valence-corrected chi connectivity index (χ0v) is 13.5. The maximum Gasteiger partial charge on any atom is 0.0369 e. The first-order valence-electron chi connectivity index (χ1n) is 7.34. The Balaban J connectivity index is 2.83. The first-order chi connectivity index (χ1) is 8.90. The van der Waals surface area contributed by atoms with Gasteiger partial charge in [-0.05, 0) is 56.0 Å². The van der Waals surface area contributed by atoms with Gasteiger partial charge in [0.1, 0.15) is 0 Å². The second-order valence-electron chi connectivity index (χ2n) is 6.29. The number of nitrogens with one attached hydrogen (secondary N) is 1. The minimum absolute atomic E-state index is 0.329. The third-order valence-corrected chi connectivity index (χ3v) is 3.72. The molecule has 2 heteroatoms. The van der Waals surface area contributed by atoms with E-state index < -0.39 is 0 Å². The lowest BCUT2D eigenvalue weighted by Gasteiger charge is -2.35. The average Bonchev–Trinajstić information content (AvgIpc) is 2.27. The van der Waals surface area contributed by atoms with Gasteiger partial charge in [-0.15, -0.1) is 0 Å². The molecule has 1 atom stereocenters. The smallest absolute Gasteiger partial charge is 0.0369 e. The van der Waals surface area contributed by atoms with E-state index in [-0.39, 0.29) is 0 Å². The van der Waals surface area contributed by atoms with Crippen molar-refractivity contribution >= 4 is 5.69 Å². The van der Waals surface area contributed by atoms with E-state index >= 15 is 0 Å². The van der Waals surface area contributed by atoms with Crippen LogP contribution >= 0.6 is 0 Å². The van der Waals surface area contributed by atoms with Crippen molar-refractivity contribution in [3.63, 3.8) is 0 Å². The van der Waals surface area contributed by atoms with Crippen molar-refractivity contribution in [3.05, 3.63) is 29.3 Å². The van der Waals surface area contributed by atoms with Crippen LogP contribution in [0.2, 0.25) is 0 Å². The number of hydrogen-bond donors (Lipinski definition) is 1. The average molecular weight is 262 g/mol. The molecule has 1 N–H and O–H groups in total. The molecule has 0 bridgehead atoms. The summed E-state index contributed by atoms with van der Waals surface area (Å²) in [7, 11) is 4.25. The van der Waals surface area contributed by atoms with E-state index in [0.717, 1.165) is 13.1 Å². The van der Waals surface area contributed by atoms with Crippen LogP contribution in [0, 0.1) is 19.3 Å². The second kappa shape index (κ2) is 6.95. The fourth-order valence-electron chi connectivity index (χ4n) is 3.09. The number of nitrogens with zero attached hydrogens (tertiary/aromatic N) is 1. The topological polar surface area (TPSA) is 15.3 Å². The van der Waals surface area contributed by atoms with Crippen molar-refractivity contribution in [2.45, 2.75) is 40.5 Å². The number of benzene rings is 1. The lowest BCUT2D eigenvalue weighted by Crippen LogP contribution is -2.40. The summed E-state index contributed by atoms with van der Waals surface area (Å²) in [5.74, 6) is 0. The molecule has 0 radical (unpaired) electrons. The van der Waals surface area contributed by atoms with Crippen molar-refractivity contribution in [1.82, 2.24) is 5.32 Å². The van der Waals surface area contributed by atoms with E-state index in [0.29, 0.717) is 5.41 Å².